The van der Waals surface area contributed by atoms with Crippen molar-refractivity contribution in [3.05, 3.63) is 53.1 Å². The highest BCUT2D eigenvalue weighted by atomic mass is 19.3. The lowest BCUT2D eigenvalue weighted by Gasteiger charge is -2.35. The number of aliphatic hydroxyl groups is 1. The summed E-state index contributed by atoms with van der Waals surface area (Å²) < 4.78 is 40.8. The van der Waals surface area contributed by atoms with E-state index in [4.69, 9.17) is 10.5 Å². The van der Waals surface area contributed by atoms with Crippen LogP contribution in [0.25, 0.3) is 0 Å². The fourth-order valence-electron chi connectivity index (χ4n) is 3.95. The van der Waals surface area contributed by atoms with Gasteiger partial charge in [0.25, 0.3) is 11.8 Å². The van der Waals surface area contributed by atoms with Gasteiger partial charge in [-0.1, -0.05) is 6.07 Å². The van der Waals surface area contributed by atoms with Crippen LogP contribution < -0.4 is 20.7 Å². The van der Waals surface area contributed by atoms with Gasteiger partial charge in [0.2, 0.25) is 0 Å². The van der Waals surface area contributed by atoms with Crippen LogP contribution in [0.15, 0.2) is 41.4 Å². The fourth-order valence-corrected chi connectivity index (χ4v) is 3.95. The third kappa shape index (κ3) is 4.83. The predicted molar refractivity (Wildman–Crippen MR) is 122 cm³/mol. The number of carbonyl (C=O) groups is 3. The van der Waals surface area contributed by atoms with Crippen LogP contribution in [0.5, 0.6) is 5.75 Å². The summed E-state index contributed by atoms with van der Waals surface area (Å²) in [6.07, 6.45) is -3.58. The summed E-state index contributed by atoms with van der Waals surface area (Å²) in [5, 5.41) is 13.1. The van der Waals surface area contributed by atoms with Crippen molar-refractivity contribution >= 4 is 35.0 Å². The molecule has 13 heteroatoms. The van der Waals surface area contributed by atoms with Crippen molar-refractivity contribution < 1.29 is 42.5 Å². The molecule has 0 aliphatic carbocycles. The lowest BCUT2D eigenvalue weighted by molar-refractivity contribution is -0.150. The third-order valence-electron chi connectivity index (χ3n) is 5.64. The van der Waals surface area contributed by atoms with E-state index in [1.54, 1.807) is 18.2 Å². The minimum atomic E-state index is -3.30. The van der Waals surface area contributed by atoms with Gasteiger partial charge in [0.15, 0.2) is 18.0 Å². The summed E-state index contributed by atoms with van der Waals surface area (Å²) in [7, 11) is 1.06. The largest absolute Gasteiger partial charge is 0.465 e. The predicted octanol–water partition coefficient (Wildman–Crippen LogP) is 1.02. The van der Waals surface area contributed by atoms with Crippen LogP contribution in [0.3, 0.4) is 0 Å². The highest BCUT2D eigenvalue weighted by Crippen LogP contribution is 2.35. The lowest BCUT2D eigenvalue weighted by atomic mass is 10.1. The summed E-state index contributed by atoms with van der Waals surface area (Å²) >= 11 is 0. The normalized spacial score (nSPS) is 17.9. The van der Waals surface area contributed by atoms with Crippen molar-refractivity contribution in [2.75, 3.05) is 30.5 Å². The number of para-hydroxylation sites is 1. The number of amidine groups is 1. The number of ether oxygens (including phenoxy) is 3. The molecule has 1 saturated heterocycles. The number of anilines is 2. The molecule has 0 aromatic heterocycles. The van der Waals surface area contributed by atoms with Gasteiger partial charge in [-0.3, -0.25) is 14.6 Å². The van der Waals surface area contributed by atoms with E-state index in [-0.39, 0.29) is 24.4 Å². The van der Waals surface area contributed by atoms with Gasteiger partial charge < -0.3 is 35.3 Å². The monoisotopic (exact) mass is 504 g/mol. The Bertz CT molecular complexity index is 1240. The number of hydrogen-bond acceptors (Lipinski definition) is 9. The van der Waals surface area contributed by atoms with E-state index in [2.05, 4.69) is 19.8 Å². The Morgan fingerprint density at radius 2 is 2.08 bits per heavy atom. The van der Waals surface area contributed by atoms with Gasteiger partial charge in [0.05, 0.1) is 25.9 Å². The molecule has 2 aromatic carbocycles. The van der Waals surface area contributed by atoms with Crippen molar-refractivity contribution in [2.45, 2.75) is 25.4 Å². The number of nitrogens with one attached hydrogen (secondary N) is 1. The zero-order chi connectivity index (χ0) is 26.0. The van der Waals surface area contributed by atoms with Gasteiger partial charge in [-0.2, -0.15) is 8.78 Å². The fraction of sp³-hybridized carbons (Fsp3) is 0.304. The molecule has 0 saturated carbocycles. The van der Waals surface area contributed by atoms with Crippen LogP contribution in [-0.2, 0) is 25.6 Å². The highest BCUT2D eigenvalue weighted by Gasteiger charge is 2.41. The summed E-state index contributed by atoms with van der Waals surface area (Å²) in [5.74, 6) is -2.96. The average molecular weight is 504 g/mol. The Labute approximate surface area is 203 Å². The quantitative estimate of drug-likeness (QED) is 0.473. The summed E-state index contributed by atoms with van der Waals surface area (Å²) in [5.41, 5.74) is 7.16. The maximum Gasteiger partial charge on any atom is 0.387 e. The summed E-state index contributed by atoms with van der Waals surface area (Å²) in [6, 6.07) is 8.73. The van der Waals surface area contributed by atoms with Gasteiger partial charge in [-0.25, -0.2) is 4.79 Å². The topological polar surface area (TPSA) is 153 Å². The van der Waals surface area contributed by atoms with E-state index in [1.165, 1.54) is 18.2 Å². The molecule has 2 unspecified atom stereocenters. The lowest BCUT2D eigenvalue weighted by Crippen LogP contribution is -2.55. The molecule has 190 valence electrons. The number of nitrogens with two attached hydrogens (primary N) is 1. The second-order valence-electron chi connectivity index (χ2n) is 7.81. The molecule has 2 aliphatic rings. The van der Waals surface area contributed by atoms with Crippen LogP contribution >= 0.6 is 0 Å². The molecule has 11 nitrogen and oxygen atoms in total. The van der Waals surface area contributed by atoms with Crippen LogP contribution in [0.1, 0.15) is 21.5 Å². The Balaban J connectivity index is 1.55. The van der Waals surface area contributed by atoms with Crippen LogP contribution in [0.4, 0.5) is 20.2 Å². The number of carbonyl (C=O) groups excluding carboxylic acids is 3. The maximum atomic E-state index is 13.2. The molecule has 2 aliphatic heterocycles. The first-order valence-electron chi connectivity index (χ1n) is 10.7. The average Bonchev–Trinajstić information content (AvgIpc) is 3.23. The molecule has 1 fully saturated rings. The Kier molecular flexibility index (Phi) is 7.12. The number of rotatable bonds is 7. The zero-order valence-corrected chi connectivity index (χ0v) is 18.9. The molecular weight excluding hydrogens is 482 g/mol. The van der Waals surface area contributed by atoms with Crippen molar-refractivity contribution in [2.24, 2.45) is 10.7 Å². The maximum absolute atomic E-state index is 13.2. The molecule has 4 rings (SSSR count). The first kappa shape index (κ1) is 25.0. The van der Waals surface area contributed by atoms with Crippen molar-refractivity contribution in [3.8, 4) is 5.75 Å². The molecule has 36 heavy (non-hydrogen) atoms. The number of alkyl halides is 2. The minimum Gasteiger partial charge on any atom is -0.465 e. The third-order valence-corrected chi connectivity index (χ3v) is 5.64. The molecule has 2 atom stereocenters. The van der Waals surface area contributed by atoms with E-state index >= 15 is 0 Å². The number of aliphatic hydroxyl groups excluding tert-OH is 1. The van der Waals surface area contributed by atoms with E-state index in [0.29, 0.717) is 18.1 Å². The van der Waals surface area contributed by atoms with Crippen molar-refractivity contribution in [1.29, 1.82) is 0 Å². The first-order valence-corrected chi connectivity index (χ1v) is 10.7. The summed E-state index contributed by atoms with van der Waals surface area (Å²) in [6.45, 7) is -3.20. The number of amides is 2. The van der Waals surface area contributed by atoms with E-state index < -0.39 is 42.4 Å². The molecule has 0 bridgehead atoms. The van der Waals surface area contributed by atoms with E-state index in [1.807, 2.05) is 0 Å². The highest BCUT2D eigenvalue weighted by molar-refractivity contribution is 6.06. The van der Waals surface area contributed by atoms with E-state index in [9.17, 15) is 28.3 Å². The molecule has 4 N–H and O–H groups in total. The molecule has 0 spiro atoms. The second-order valence-corrected chi connectivity index (χ2v) is 7.81. The summed E-state index contributed by atoms with van der Waals surface area (Å²) in [4.78, 5) is 43.1. The standard InChI is InChI=1S/C23H22F2N4O7/c1-34-22(33)14-3-2-4-15(17(14)36-23(24)25)29-7-8-35-18(21(29)32)16(30)20(31)28-12-5-6-13-11(9-12)10-27-19(13)26/h2-6,9,16,18,23,30H,7-8,10H2,1H3,(H2,26,27)(H,28,31). The number of aliphatic imine (C=N–C) groups is 1. The van der Waals surface area contributed by atoms with Gasteiger partial charge in [-0.05, 0) is 35.9 Å². The number of benzene rings is 2. The Morgan fingerprint density at radius 3 is 2.81 bits per heavy atom. The van der Waals surface area contributed by atoms with Crippen LogP contribution in [0, 0.1) is 0 Å². The SMILES string of the molecule is COC(=O)c1cccc(N2CCOC(C(O)C(=O)Nc3ccc4c(c3)CN=C4N)C2=O)c1OC(F)F. The van der Waals surface area contributed by atoms with Gasteiger partial charge in [0.1, 0.15) is 11.4 Å². The number of nitrogens with zero attached hydrogens (tertiary/aromatic N) is 2. The second kappa shape index (κ2) is 10.3. The number of methoxy groups -OCH3 is 1. The molecule has 0 radical (unpaired) electrons. The number of fused-ring (bicyclic) bond motifs is 1. The number of esters is 1. The van der Waals surface area contributed by atoms with Crippen molar-refractivity contribution in [1.82, 2.24) is 0 Å². The van der Waals surface area contributed by atoms with Crippen LogP contribution in [-0.4, -0.2) is 67.8 Å². The van der Waals surface area contributed by atoms with Crippen molar-refractivity contribution in [3.63, 3.8) is 0 Å². The molecule has 2 amide bonds. The van der Waals surface area contributed by atoms with Gasteiger partial charge in [0, 0.05) is 17.8 Å². The molecular formula is C23H22F2N4O7. The smallest absolute Gasteiger partial charge is 0.387 e. The number of morpholine rings is 1. The zero-order valence-electron chi connectivity index (χ0n) is 18.9. The van der Waals surface area contributed by atoms with Gasteiger partial charge in [-0.15, -0.1) is 0 Å². The Hall–Kier alpha value is -4.10. The number of halogens is 2. The number of hydrogen-bond donors (Lipinski definition) is 3. The molecule has 2 aromatic rings. The molecule has 2 heterocycles. The Morgan fingerprint density at radius 1 is 1.31 bits per heavy atom. The van der Waals surface area contributed by atoms with Gasteiger partial charge >= 0.3 is 12.6 Å². The van der Waals surface area contributed by atoms with E-state index in [0.717, 1.165) is 23.1 Å². The van der Waals surface area contributed by atoms with Crippen LogP contribution in [0.2, 0.25) is 0 Å². The first-order chi connectivity index (χ1) is 17.2. The minimum absolute atomic E-state index is 0.111.